The number of hydrogen-bond acceptors (Lipinski definition) is 3. The van der Waals surface area contributed by atoms with Gasteiger partial charge in [-0.1, -0.05) is 36.0 Å². The number of nitrogens with zero attached hydrogens (tertiary/aromatic N) is 1. The average molecular weight is 379 g/mol. The van der Waals surface area contributed by atoms with Gasteiger partial charge in [-0.25, -0.2) is 8.42 Å². The number of amides is 1. The van der Waals surface area contributed by atoms with Crippen molar-refractivity contribution in [2.75, 3.05) is 13.1 Å². The van der Waals surface area contributed by atoms with E-state index in [1.54, 1.807) is 11.8 Å². The van der Waals surface area contributed by atoms with E-state index < -0.39 is 16.1 Å². The van der Waals surface area contributed by atoms with Crippen molar-refractivity contribution >= 4 is 39.1 Å². The van der Waals surface area contributed by atoms with Crippen LogP contribution in [0.1, 0.15) is 32.6 Å². The molecule has 128 valence electrons. The van der Waals surface area contributed by atoms with Crippen LogP contribution in [0.5, 0.6) is 0 Å². The molecule has 1 aliphatic heterocycles. The summed E-state index contributed by atoms with van der Waals surface area (Å²) < 4.78 is 27.3. The van der Waals surface area contributed by atoms with Crippen molar-refractivity contribution in [3.05, 3.63) is 28.2 Å². The van der Waals surface area contributed by atoms with E-state index in [1.807, 2.05) is 0 Å². The molecule has 1 N–H and O–H groups in total. The summed E-state index contributed by atoms with van der Waals surface area (Å²) in [6.45, 7) is 2.88. The fraction of sp³-hybridized carbons (Fsp3) is 0.533. The van der Waals surface area contributed by atoms with E-state index >= 15 is 0 Å². The third-order valence-corrected chi connectivity index (χ3v) is 6.06. The van der Waals surface area contributed by atoms with Crippen LogP contribution in [0.25, 0.3) is 0 Å². The summed E-state index contributed by atoms with van der Waals surface area (Å²) in [7, 11) is -3.92. The highest BCUT2D eigenvalue weighted by Gasteiger charge is 2.27. The molecule has 5 nitrogen and oxygen atoms in total. The fourth-order valence-electron chi connectivity index (χ4n) is 2.59. The van der Waals surface area contributed by atoms with Gasteiger partial charge in [0.05, 0.1) is 11.1 Å². The first-order valence-electron chi connectivity index (χ1n) is 7.57. The van der Waals surface area contributed by atoms with E-state index in [9.17, 15) is 13.2 Å². The third kappa shape index (κ3) is 4.83. The van der Waals surface area contributed by atoms with Crippen molar-refractivity contribution in [2.24, 2.45) is 0 Å². The number of rotatable bonds is 4. The standard InChI is InChI=1S/C15H20Cl2N2O3S/c1-11(15(20)19-8-4-2-3-5-9-19)18-23(21,22)14-10-12(16)6-7-13(14)17/h6-7,10-11,18H,2-5,8-9H2,1H3/t11-/m0/s1. The zero-order valence-electron chi connectivity index (χ0n) is 12.9. The van der Waals surface area contributed by atoms with Crippen LogP contribution in [0.15, 0.2) is 23.1 Å². The molecular formula is C15H20Cl2N2O3S. The van der Waals surface area contributed by atoms with Gasteiger partial charge in [-0.3, -0.25) is 4.79 Å². The largest absolute Gasteiger partial charge is 0.341 e. The van der Waals surface area contributed by atoms with E-state index in [1.165, 1.54) is 18.2 Å². The second kappa shape index (κ2) is 7.83. The van der Waals surface area contributed by atoms with Crippen LogP contribution in [0.2, 0.25) is 10.0 Å². The van der Waals surface area contributed by atoms with Crippen molar-refractivity contribution in [1.82, 2.24) is 9.62 Å². The van der Waals surface area contributed by atoms with Crippen molar-refractivity contribution in [2.45, 2.75) is 43.5 Å². The second-order valence-corrected chi connectivity index (χ2v) is 8.18. The Morgan fingerprint density at radius 2 is 1.78 bits per heavy atom. The molecule has 1 saturated heterocycles. The van der Waals surface area contributed by atoms with Gasteiger partial charge in [0.2, 0.25) is 15.9 Å². The molecule has 0 spiro atoms. The first-order valence-corrected chi connectivity index (χ1v) is 9.81. The van der Waals surface area contributed by atoms with Crippen LogP contribution in [0.4, 0.5) is 0 Å². The predicted molar refractivity (Wildman–Crippen MR) is 91.3 cm³/mol. The SMILES string of the molecule is C[C@H](NS(=O)(=O)c1cc(Cl)ccc1Cl)C(=O)N1CCCCCC1. The molecule has 0 bridgehead atoms. The Bertz CT molecular complexity index is 671. The smallest absolute Gasteiger partial charge is 0.242 e. The molecule has 1 heterocycles. The maximum absolute atomic E-state index is 12.5. The molecule has 1 fully saturated rings. The van der Waals surface area contributed by atoms with Gasteiger partial charge < -0.3 is 4.90 Å². The van der Waals surface area contributed by atoms with Crippen molar-refractivity contribution in [1.29, 1.82) is 0 Å². The summed E-state index contributed by atoms with van der Waals surface area (Å²) in [4.78, 5) is 14.1. The lowest BCUT2D eigenvalue weighted by Gasteiger charge is -2.24. The summed E-state index contributed by atoms with van der Waals surface area (Å²) >= 11 is 11.8. The van der Waals surface area contributed by atoms with Gasteiger partial charge in [-0.2, -0.15) is 4.72 Å². The van der Waals surface area contributed by atoms with Crippen LogP contribution < -0.4 is 4.72 Å². The van der Waals surface area contributed by atoms with E-state index in [4.69, 9.17) is 23.2 Å². The van der Waals surface area contributed by atoms with E-state index in [2.05, 4.69) is 4.72 Å². The van der Waals surface area contributed by atoms with Gasteiger partial charge in [0.25, 0.3) is 0 Å². The molecule has 0 aromatic heterocycles. The number of carbonyl (C=O) groups excluding carboxylic acids is 1. The maximum Gasteiger partial charge on any atom is 0.242 e. The van der Waals surface area contributed by atoms with Gasteiger partial charge in [-0.05, 0) is 38.0 Å². The highest BCUT2D eigenvalue weighted by Crippen LogP contribution is 2.25. The molecule has 0 aliphatic carbocycles. The number of carbonyl (C=O) groups is 1. The van der Waals surface area contributed by atoms with Crippen molar-refractivity contribution in [3.63, 3.8) is 0 Å². The van der Waals surface area contributed by atoms with Gasteiger partial charge in [0.15, 0.2) is 0 Å². The molecule has 8 heteroatoms. The normalized spacial score (nSPS) is 17.6. The lowest BCUT2D eigenvalue weighted by atomic mass is 10.2. The van der Waals surface area contributed by atoms with E-state index in [0.29, 0.717) is 13.1 Å². The Balaban J connectivity index is 2.12. The van der Waals surface area contributed by atoms with Crippen LogP contribution in [-0.4, -0.2) is 38.4 Å². The number of likely N-dealkylation sites (tertiary alicyclic amines) is 1. The lowest BCUT2D eigenvalue weighted by molar-refractivity contribution is -0.132. The Morgan fingerprint density at radius 1 is 1.17 bits per heavy atom. The Kier molecular flexibility index (Phi) is 6.31. The zero-order valence-corrected chi connectivity index (χ0v) is 15.2. The molecule has 0 saturated carbocycles. The summed E-state index contributed by atoms with van der Waals surface area (Å²) in [5, 5.41) is 0.331. The molecule has 0 radical (unpaired) electrons. The van der Waals surface area contributed by atoms with Gasteiger partial charge >= 0.3 is 0 Å². The maximum atomic E-state index is 12.5. The van der Waals surface area contributed by atoms with Gasteiger partial charge in [0, 0.05) is 18.1 Å². The summed E-state index contributed by atoms with van der Waals surface area (Å²) in [5.74, 6) is -0.214. The predicted octanol–water partition coefficient (Wildman–Crippen LogP) is 3.06. The third-order valence-electron chi connectivity index (χ3n) is 3.80. The minimum absolute atomic E-state index is 0.0660. The van der Waals surface area contributed by atoms with Crippen LogP contribution >= 0.6 is 23.2 Å². The Hall–Kier alpha value is -0.820. The second-order valence-electron chi connectivity index (χ2n) is 5.66. The van der Waals surface area contributed by atoms with Gasteiger partial charge in [-0.15, -0.1) is 0 Å². The van der Waals surface area contributed by atoms with Crippen LogP contribution in [-0.2, 0) is 14.8 Å². The number of sulfonamides is 1. The summed E-state index contributed by atoms with van der Waals surface area (Å²) in [6.07, 6.45) is 4.10. The number of halogens is 2. The van der Waals surface area contributed by atoms with E-state index in [0.717, 1.165) is 25.7 Å². The lowest BCUT2D eigenvalue weighted by Crippen LogP contribution is -2.47. The Morgan fingerprint density at radius 3 is 2.39 bits per heavy atom. The number of nitrogens with one attached hydrogen (secondary N) is 1. The summed E-state index contributed by atoms with van der Waals surface area (Å²) in [5.41, 5.74) is 0. The highest BCUT2D eigenvalue weighted by molar-refractivity contribution is 7.89. The average Bonchev–Trinajstić information content (AvgIpc) is 2.77. The van der Waals surface area contributed by atoms with Crippen LogP contribution in [0.3, 0.4) is 0 Å². The minimum atomic E-state index is -3.92. The molecule has 1 amide bonds. The minimum Gasteiger partial charge on any atom is -0.341 e. The van der Waals surface area contributed by atoms with Crippen molar-refractivity contribution < 1.29 is 13.2 Å². The van der Waals surface area contributed by atoms with Gasteiger partial charge in [0.1, 0.15) is 4.90 Å². The molecule has 1 aromatic rings. The monoisotopic (exact) mass is 378 g/mol. The molecule has 2 rings (SSSR count). The highest BCUT2D eigenvalue weighted by atomic mass is 35.5. The van der Waals surface area contributed by atoms with Crippen LogP contribution in [0, 0.1) is 0 Å². The molecule has 0 unspecified atom stereocenters. The van der Waals surface area contributed by atoms with Crippen molar-refractivity contribution in [3.8, 4) is 0 Å². The first kappa shape index (κ1) is 18.5. The molecule has 1 atom stereocenters. The number of hydrogen-bond donors (Lipinski definition) is 1. The fourth-order valence-corrected chi connectivity index (χ4v) is 4.55. The zero-order chi connectivity index (χ0) is 17.0. The topological polar surface area (TPSA) is 66.5 Å². The Labute approximate surface area is 147 Å². The number of benzene rings is 1. The first-order chi connectivity index (χ1) is 10.8. The molecule has 1 aromatic carbocycles. The molecule has 1 aliphatic rings. The summed E-state index contributed by atoms with van der Waals surface area (Å²) in [6, 6.07) is 3.34. The molecular weight excluding hydrogens is 359 g/mol. The quantitative estimate of drug-likeness (QED) is 0.875. The molecule has 23 heavy (non-hydrogen) atoms. The van der Waals surface area contributed by atoms with E-state index in [-0.39, 0.29) is 20.8 Å².